The summed E-state index contributed by atoms with van der Waals surface area (Å²) in [6, 6.07) is 0. The smallest absolute Gasteiger partial charge is 0.549 e. The Kier molecular flexibility index (Phi) is 15.6. The van der Waals surface area contributed by atoms with Gasteiger partial charge >= 0.3 is 37.7 Å². The van der Waals surface area contributed by atoms with Gasteiger partial charge in [0.05, 0.1) is 11.9 Å². The van der Waals surface area contributed by atoms with E-state index in [2.05, 4.69) is 0 Å². The van der Waals surface area contributed by atoms with Crippen molar-refractivity contribution in [3.05, 3.63) is 0 Å². The molecule has 0 rings (SSSR count). The first kappa shape index (κ1) is 21.4. The minimum absolute atomic E-state index is 0. The number of aliphatic carboxylic acids is 2. The van der Waals surface area contributed by atoms with Crippen molar-refractivity contribution in [2.45, 2.75) is 39.5 Å². The summed E-state index contributed by atoms with van der Waals surface area (Å²) in [5.41, 5.74) is 0. The molecule has 0 heterocycles. The van der Waals surface area contributed by atoms with E-state index in [1.807, 2.05) is 13.8 Å². The quantitative estimate of drug-likeness (QED) is 0.311. The normalized spacial score (nSPS) is 11.2. The molecule has 0 aliphatic heterocycles. The van der Waals surface area contributed by atoms with Gasteiger partial charge in [-0.3, -0.25) is 0 Å². The minimum atomic E-state index is -1.54. The van der Waals surface area contributed by atoms with E-state index in [0.717, 1.165) is 19.3 Å². The third-order valence-electron chi connectivity index (χ3n) is 2.41. The van der Waals surface area contributed by atoms with E-state index in [4.69, 9.17) is 0 Å². The summed E-state index contributed by atoms with van der Waals surface area (Å²) in [5.74, 6) is -4.42. The maximum absolute atomic E-state index is 10.5. The van der Waals surface area contributed by atoms with Gasteiger partial charge in [-0.2, -0.15) is 0 Å². The zero-order valence-corrected chi connectivity index (χ0v) is 10.6. The van der Waals surface area contributed by atoms with Gasteiger partial charge in [0.2, 0.25) is 0 Å². The fourth-order valence-electron chi connectivity index (χ4n) is 1.52. The van der Waals surface area contributed by atoms with Crippen molar-refractivity contribution < 1.29 is 57.5 Å². The molecule has 82 valence electrons. The van der Waals surface area contributed by atoms with Crippen molar-refractivity contribution in [1.29, 1.82) is 0 Å². The number of rotatable bonds is 7. The molecule has 0 aromatic heterocycles. The molecular formula is C10H16Li2O4. The molecule has 0 aliphatic carbocycles. The number of carboxylic acid groups (broad SMARTS) is 2. The average molecular weight is 214 g/mol. The molecule has 0 fully saturated rings. The van der Waals surface area contributed by atoms with Gasteiger partial charge in [0.1, 0.15) is 0 Å². The molecule has 16 heavy (non-hydrogen) atoms. The Bertz CT molecular complexity index is 195. The van der Waals surface area contributed by atoms with Crippen molar-refractivity contribution in [1.82, 2.24) is 0 Å². The van der Waals surface area contributed by atoms with Crippen LogP contribution in [0.1, 0.15) is 39.5 Å². The maximum atomic E-state index is 10.5. The number of carbonyl (C=O) groups excluding carboxylic acids is 2. The zero-order chi connectivity index (χ0) is 11.1. The maximum Gasteiger partial charge on any atom is 1.00 e. The summed E-state index contributed by atoms with van der Waals surface area (Å²) >= 11 is 0. The molecule has 0 aromatic rings. The third kappa shape index (κ3) is 8.31. The number of carboxylic acids is 2. The van der Waals surface area contributed by atoms with E-state index < -0.39 is 17.9 Å². The first-order valence-corrected chi connectivity index (χ1v) is 4.94. The van der Waals surface area contributed by atoms with E-state index in [-0.39, 0.29) is 50.1 Å². The number of carbonyl (C=O) groups is 2. The van der Waals surface area contributed by atoms with Crippen LogP contribution in [0.4, 0.5) is 0 Å². The van der Waals surface area contributed by atoms with E-state index >= 15 is 0 Å². The Morgan fingerprint density at radius 1 is 1.06 bits per heavy atom. The fraction of sp³-hybridized carbons (Fsp3) is 0.800. The first-order valence-electron chi connectivity index (χ1n) is 4.94. The van der Waals surface area contributed by atoms with Crippen LogP contribution in [0.2, 0.25) is 0 Å². The molecule has 0 bridgehead atoms. The summed E-state index contributed by atoms with van der Waals surface area (Å²) in [5, 5.41) is 20.9. The van der Waals surface area contributed by atoms with E-state index in [1.54, 1.807) is 0 Å². The van der Waals surface area contributed by atoms with Crippen LogP contribution in [-0.4, -0.2) is 11.9 Å². The molecule has 0 saturated heterocycles. The Morgan fingerprint density at radius 2 is 1.50 bits per heavy atom. The van der Waals surface area contributed by atoms with E-state index in [9.17, 15) is 19.8 Å². The Hall–Kier alpha value is 0.135. The number of hydrogen-bond donors (Lipinski definition) is 0. The molecule has 1 atom stereocenters. The third-order valence-corrected chi connectivity index (χ3v) is 2.41. The zero-order valence-electron chi connectivity index (χ0n) is 10.6. The molecule has 0 radical (unpaired) electrons. The second kappa shape index (κ2) is 11.6. The summed E-state index contributed by atoms with van der Waals surface area (Å²) in [6.07, 6.45) is 2.67. The van der Waals surface area contributed by atoms with Crippen LogP contribution in [0, 0.1) is 11.8 Å². The Balaban J connectivity index is -0.000000845. The second-order valence-corrected chi connectivity index (χ2v) is 3.49. The summed E-state index contributed by atoms with van der Waals surface area (Å²) in [7, 11) is 0. The summed E-state index contributed by atoms with van der Waals surface area (Å²) in [4.78, 5) is 20.9. The molecular weight excluding hydrogens is 198 g/mol. The average Bonchev–Trinajstić information content (AvgIpc) is 2.10. The Morgan fingerprint density at radius 3 is 1.75 bits per heavy atom. The largest absolute Gasteiger partial charge is 1.00 e. The van der Waals surface area contributed by atoms with Crippen molar-refractivity contribution in [2.75, 3.05) is 0 Å². The van der Waals surface area contributed by atoms with Gasteiger partial charge in [-0.25, -0.2) is 0 Å². The SMILES string of the molecule is CCCC(CC)CC(C(=O)[O-])C(=O)[O-].[Li+].[Li+]. The van der Waals surface area contributed by atoms with Gasteiger partial charge in [0.25, 0.3) is 0 Å². The predicted molar refractivity (Wildman–Crippen MR) is 46.8 cm³/mol. The molecule has 0 saturated carbocycles. The minimum Gasteiger partial charge on any atom is -0.549 e. The van der Waals surface area contributed by atoms with Crippen molar-refractivity contribution in [3.63, 3.8) is 0 Å². The molecule has 0 N–H and O–H groups in total. The van der Waals surface area contributed by atoms with E-state index in [0.29, 0.717) is 0 Å². The molecule has 0 aromatic carbocycles. The molecule has 0 spiro atoms. The molecule has 6 heteroatoms. The van der Waals surface area contributed by atoms with Crippen LogP contribution in [0.3, 0.4) is 0 Å². The van der Waals surface area contributed by atoms with E-state index in [1.165, 1.54) is 0 Å². The summed E-state index contributed by atoms with van der Waals surface area (Å²) in [6.45, 7) is 3.90. The van der Waals surface area contributed by atoms with Crippen LogP contribution < -0.4 is 47.9 Å². The summed E-state index contributed by atoms with van der Waals surface area (Å²) < 4.78 is 0. The first-order chi connectivity index (χ1) is 6.52. The van der Waals surface area contributed by atoms with Gasteiger partial charge in [-0.05, 0) is 12.3 Å². The topological polar surface area (TPSA) is 80.3 Å². The number of hydrogen-bond acceptors (Lipinski definition) is 4. The Labute approximate surface area is 121 Å². The van der Waals surface area contributed by atoms with Crippen LogP contribution in [0.15, 0.2) is 0 Å². The van der Waals surface area contributed by atoms with Gasteiger partial charge in [-0.1, -0.05) is 33.1 Å². The van der Waals surface area contributed by atoms with Crippen molar-refractivity contribution >= 4 is 11.9 Å². The molecule has 4 nitrogen and oxygen atoms in total. The van der Waals surface area contributed by atoms with Crippen LogP contribution >= 0.6 is 0 Å². The monoisotopic (exact) mass is 214 g/mol. The van der Waals surface area contributed by atoms with Crippen LogP contribution in [0.25, 0.3) is 0 Å². The van der Waals surface area contributed by atoms with Crippen LogP contribution in [0.5, 0.6) is 0 Å². The van der Waals surface area contributed by atoms with Crippen LogP contribution in [-0.2, 0) is 9.59 Å². The molecule has 1 unspecified atom stereocenters. The molecule has 0 aliphatic rings. The predicted octanol–water partition coefficient (Wildman–Crippen LogP) is -6.67. The van der Waals surface area contributed by atoms with Gasteiger partial charge in [-0.15, -0.1) is 0 Å². The molecule has 0 amide bonds. The van der Waals surface area contributed by atoms with Crippen molar-refractivity contribution in [2.24, 2.45) is 11.8 Å². The van der Waals surface area contributed by atoms with Crippen molar-refractivity contribution in [3.8, 4) is 0 Å². The van der Waals surface area contributed by atoms with Gasteiger partial charge in [0, 0.05) is 5.92 Å². The fourth-order valence-corrected chi connectivity index (χ4v) is 1.52. The second-order valence-electron chi connectivity index (χ2n) is 3.49. The van der Waals surface area contributed by atoms with Gasteiger partial charge < -0.3 is 19.8 Å². The standard InChI is InChI=1S/C10H18O4.2Li/c1-3-5-7(4-2)6-8(9(11)12)10(13)14;;/h7-8H,3-6H2,1-2H3,(H,11,12)(H,13,14);;/q;2*+1/p-2. The van der Waals surface area contributed by atoms with Gasteiger partial charge in [0.15, 0.2) is 0 Å².